The molecule has 0 heteroatoms. The molecule has 0 aliphatic carbocycles. The zero-order valence-electron chi connectivity index (χ0n) is 21.0. The summed E-state index contributed by atoms with van der Waals surface area (Å²) in [4.78, 5) is 0. The average Bonchev–Trinajstić information content (AvgIpc) is 2.99. The highest BCUT2D eigenvalue weighted by Gasteiger charge is 2.25. The molecule has 0 amide bonds. The Labute approximate surface area is 224 Å². The van der Waals surface area contributed by atoms with E-state index in [9.17, 15) is 0 Å². The van der Waals surface area contributed by atoms with E-state index in [1.54, 1.807) is 0 Å². The SMILES string of the molecule is C(#CC(c1cccc2ccccc12)C(C#Cc1ccccc1)c1cccc2ccccc12)c1ccccc1. The maximum absolute atomic E-state index is 3.69. The Morgan fingerprint density at radius 2 is 0.711 bits per heavy atom. The van der Waals surface area contributed by atoms with Crippen molar-refractivity contribution in [1.82, 2.24) is 0 Å². The van der Waals surface area contributed by atoms with Gasteiger partial charge in [0.25, 0.3) is 0 Å². The van der Waals surface area contributed by atoms with Gasteiger partial charge in [-0.15, -0.1) is 0 Å². The summed E-state index contributed by atoms with van der Waals surface area (Å²) in [6.07, 6.45) is 0. The first-order valence-electron chi connectivity index (χ1n) is 13.0. The molecular formula is C38H26. The Morgan fingerprint density at radius 1 is 0.342 bits per heavy atom. The van der Waals surface area contributed by atoms with Crippen molar-refractivity contribution < 1.29 is 0 Å². The van der Waals surface area contributed by atoms with Gasteiger partial charge in [-0.2, -0.15) is 0 Å². The van der Waals surface area contributed by atoms with Crippen molar-refractivity contribution in [3.05, 3.63) is 168 Å². The van der Waals surface area contributed by atoms with Crippen molar-refractivity contribution >= 4 is 21.5 Å². The third-order valence-electron chi connectivity index (χ3n) is 6.94. The lowest BCUT2D eigenvalue weighted by molar-refractivity contribution is 0.792. The maximum Gasteiger partial charge on any atom is 0.0640 e. The fourth-order valence-electron chi connectivity index (χ4n) is 5.09. The van der Waals surface area contributed by atoms with Gasteiger partial charge in [-0.3, -0.25) is 0 Å². The Hall–Kier alpha value is -5.04. The molecule has 0 N–H and O–H groups in total. The third kappa shape index (κ3) is 4.95. The molecule has 0 saturated heterocycles. The van der Waals surface area contributed by atoms with Gasteiger partial charge in [0.15, 0.2) is 0 Å². The summed E-state index contributed by atoms with van der Waals surface area (Å²) in [5.41, 5.74) is 4.41. The van der Waals surface area contributed by atoms with Gasteiger partial charge < -0.3 is 0 Å². The number of hydrogen-bond donors (Lipinski definition) is 0. The second kappa shape index (κ2) is 10.9. The van der Waals surface area contributed by atoms with E-state index in [4.69, 9.17) is 0 Å². The first-order chi connectivity index (χ1) is 18.9. The van der Waals surface area contributed by atoms with Crippen LogP contribution in [0.15, 0.2) is 146 Å². The zero-order valence-corrected chi connectivity index (χ0v) is 21.0. The lowest BCUT2D eigenvalue weighted by atomic mass is 9.78. The summed E-state index contributed by atoms with van der Waals surface area (Å²) in [7, 11) is 0. The normalized spacial score (nSPS) is 12.1. The zero-order chi connectivity index (χ0) is 25.6. The summed E-state index contributed by atoms with van der Waals surface area (Å²) in [6.45, 7) is 0. The minimum Gasteiger partial charge on any atom is -0.0880 e. The molecule has 178 valence electrons. The Morgan fingerprint density at radius 3 is 1.16 bits per heavy atom. The number of hydrogen-bond acceptors (Lipinski definition) is 0. The lowest BCUT2D eigenvalue weighted by Gasteiger charge is -2.23. The summed E-state index contributed by atoms with van der Waals surface area (Å²) < 4.78 is 0. The van der Waals surface area contributed by atoms with E-state index in [2.05, 4.69) is 133 Å². The predicted molar refractivity (Wildman–Crippen MR) is 160 cm³/mol. The van der Waals surface area contributed by atoms with Crippen molar-refractivity contribution in [2.45, 2.75) is 11.8 Å². The quantitative estimate of drug-likeness (QED) is 0.221. The first-order valence-corrected chi connectivity index (χ1v) is 13.0. The molecule has 6 aromatic carbocycles. The molecule has 6 rings (SSSR count). The summed E-state index contributed by atoms with van der Waals surface area (Å²) in [6, 6.07) is 50.6. The predicted octanol–water partition coefficient (Wildman–Crippen LogP) is 8.96. The van der Waals surface area contributed by atoms with Gasteiger partial charge in [0.2, 0.25) is 0 Å². The van der Waals surface area contributed by atoms with Gasteiger partial charge >= 0.3 is 0 Å². The molecular weight excluding hydrogens is 456 g/mol. The van der Waals surface area contributed by atoms with Gasteiger partial charge in [-0.1, -0.05) is 145 Å². The number of fused-ring (bicyclic) bond motifs is 2. The molecule has 0 spiro atoms. The third-order valence-corrected chi connectivity index (χ3v) is 6.94. The maximum atomic E-state index is 3.69. The van der Waals surface area contributed by atoms with Crippen LogP contribution in [0.5, 0.6) is 0 Å². The van der Waals surface area contributed by atoms with E-state index in [-0.39, 0.29) is 11.8 Å². The minimum atomic E-state index is -0.136. The number of benzene rings is 6. The van der Waals surface area contributed by atoms with Crippen LogP contribution in [-0.2, 0) is 0 Å². The molecule has 0 nitrogen and oxygen atoms in total. The molecule has 0 heterocycles. The van der Waals surface area contributed by atoms with E-state index in [1.165, 1.54) is 32.7 Å². The Balaban J connectivity index is 1.62. The van der Waals surface area contributed by atoms with E-state index in [0.717, 1.165) is 11.1 Å². The van der Waals surface area contributed by atoms with Crippen LogP contribution in [0.4, 0.5) is 0 Å². The molecule has 6 aromatic rings. The average molecular weight is 483 g/mol. The second-order valence-electron chi connectivity index (χ2n) is 9.36. The molecule has 0 fully saturated rings. The van der Waals surface area contributed by atoms with Crippen LogP contribution < -0.4 is 0 Å². The van der Waals surface area contributed by atoms with Crippen molar-refractivity contribution in [2.24, 2.45) is 0 Å². The van der Waals surface area contributed by atoms with E-state index in [1.807, 2.05) is 36.4 Å². The summed E-state index contributed by atoms with van der Waals surface area (Å²) in [5.74, 6) is 14.1. The lowest BCUT2D eigenvalue weighted by Crippen LogP contribution is -2.10. The summed E-state index contributed by atoms with van der Waals surface area (Å²) >= 11 is 0. The highest BCUT2D eigenvalue weighted by Crippen LogP contribution is 2.39. The van der Waals surface area contributed by atoms with Gasteiger partial charge in [0.05, 0.1) is 11.8 Å². The van der Waals surface area contributed by atoms with Gasteiger partial charge in [-0.05, 0) is 56.9 Å². The van der Waals surface area contributed by atoms with Crippen molar-refractivity contribution in [3.63, 3.8) is 0 Å². The molecule has 38 heavy (non-hydrogen) atoms. The van der Waals surface area contributed by atoms with Crippen molar-refractivity contribution in [3.8, 4) is 23.7 Å². The highest BCUT2D eigenvalue weighted by molar-refractivity contribution is 5.89. The molecule has 0 aliphatic heterocycles. The van der Waals surface area contributed by atoms with Crippen LogP contribution in [0.3, 0.4) is 0 Å². The fraction of sp³-hybridized carbons (Fsp3) is 0.0526. The Bertz CT molecular complexity index is 1670. The Kier molecular flexibility index (Phi) is 6.72. The topological polar surface area (TPSA) is 0 Å². The van der Waals surface area contributed by atoms with Crippen LogP contribution >= 0.6 is 0 Å². The van der Waals surface area contributed by atoms with E-state index >= 15 is 0 Å². The molecule has 2 unspecified atom stereocenters. The van der Waals surface area contributed by atoms with E-state index in [0.29, 0.717) is 0 Å². The van der Waals surface area contributed by atoms with Gasteiger partial charge in [0, 0.05) is 11.1 Å². The molecule has 0 radical (unpaired) electrons. The minimum absolute atomic E-state index is 0.136. The van der Waals surface area contributed by atoms with Crippen LogP contribution in [0.2, 0.25) is 0 Å². The van der Waals surface area contributed by atoms with Crippen LogP contribution in [-0.4, -0.2) is 0 Å². The van der Waals surface area contributed by atoms with Crippen molar-refractivity contribution in [1.29, 1.82) is 0 Å². The molecule has 0 bridgehead atoms. The molecule has 0 saturated carbocycles. The largest absolute Gasteiger partial charge is 0.0880 e. The van der Waals surface area contributed by atoms with Crippen LogP contribution in [0, 0.1) is 23.7 Å². The van der Waals surface area contributed by atoms with Crippen molar-refractivity contribution in [2.75, 3.05) is 0 Å². The van der Waals surface area contributed by atoms with Crippen LogP contribution in [0.25, 0.3) is 21.5 Å². The highest BCUT2D eigenvalue weighted by atomic mass is 14.3. The fourth-order valence-corrected chi connectivity index (χ4v) is 5.09. The second-order valence-corrected chi connectivity index (χ2v) is 9.36. The number of rotatable bonds is 3. The smallest absolute Gasteiger partial charge is 0.0640 e. The van der Waals surface area contributed by atoms with E-state index < -0.39 is 0 Å². The summed E-state index contributed by atoms with van der Waals surface area (Å²) in [5, 5.41) is 4.86. The van der Waals surface area contributed by atoms with Gasteiger partial charge in [0.1, 0.15) is 0 Å². The monoisotopic (exact) mass is 482 g/mol. The van der Waals surface area contributed by atoms with Crippen LogP contribution in [0.1, 0.15) is 34.1 Å². The standard InChI is InChI=1S/C38H26/c1-3-13-29(14-4-1)25-27-37(35-23-11-19-31-17-7-9-21-33(31)35)38(28-26-30-15-5-2-6-16-30)36-24-12-20-32-18-8-10-22-34(32)36/h1-24,37-38H. The molecule has 0 aliphatic rings. The molecule has 0 aromatic heterocycles. The first kappa shape index (κ1) is 23.4. The van der Waals surface area contributed by atoms with Gasteiger partial charge in [-0.25, -0.2) is 0 Å². The molecule has 2 atom stereocenters.